The molecular formula is C13H12OS. The van der Waals surface area contributed by atoms with Crippen LogP contribution in [-0.4, -0.2) is 5.78 Å². The first-order valence-electron chi connectivity index (χ1n) is 5.26. The minimum absolute atomic E-state index is 0.163. The third-order valence-electron chi connectivity index (χ3n) is 3.48. The topological polar surface area (TPSA) is 17.1 Å². The van der Waals surface area contributed by atoms with E-state index in [0.717, 1.165) is 4.88 Å². The van der Waals surface area contributed by atoms with E-state index in [1.165, 1.54) is 15.6 Å². The van der Waals surface area contributed by atoms with Gasteiger partial charge in [-0.15, -0.1) is 11.3 Å². The molecule has 1 nitrogen and oxygen atoms in total. The van der Waals surface area contributed by atoms with Crippen LogP contribution < -0.4 is 0 Å². The molecule has 0 N–H and O–H groups in total. The smallest absolute Gasteiger partial charge is 0.176 e. The number of rotatable bonds is 0. The van der Waals surface area contributed by atoms with Gasteiger partial charge in [0.15, 0.2) is 5.78 Å². The quantitative estimate of drug-likeness (QED) is 0.654. The zero-order valence-corrected chi connectivity index (χ0v) is 9.60. The van der Waals surface area contributed by atoms with Crippen LogP contribution in [0.15, 0.2) is 24.3 Å². The molecule has 0 spiro atoms. The first-order valence-corrected chi connectivity index (χ1v) is 6.07. The second-order valence-electron chi connectivity index (χ2n) is 4.28. The van der Waals surface area contributed by atoms with Crippen LogP contribution in [0.5, 0.6) is 0 Å². The molecule has 0 aliphatic heterocycles. The molecule has 1 aliphatic carbocycles. The van der Waals surface area contributed by atoms with E-state index in [-0.39, 0.29) is 5.92 Å². The number of fused-ring (bicyclic) bond motifs is 3. The van der Waals surface area contributed by atoms with Crippen LogP contribution in [0.25, 0.3) is 10.1 Å². The molecule has 0 saturated heterocycles. The van der Waals surface area contributed by atoms with E-state index in [9.17, 15) is 4.79 Å². The van der Waals surface area contributed by atoms with Crippen LogP contribution >= 0.6 is 11.3 Å². The van der Waals surface area contributed by atoms with Crippen LogP contribution in [0, 0.1) is 5.92 Å². The largest absolute Gasteiger partial charge is 0.293 e. The highest BCUT2D eigenvalue weighted by molar-refractivity contribution is 7.21. The van der Waals surface area contributed by atoms with Crippen LogP contribution in [0.2, 0.25) is 0 Å². The van der Waals surface area contributed by atoms with E-state index in [1.807, 2.05) is 13.0 Å². The fraction of sp³-hybridized carbons (Fsp3) is 0.308. The number of benzene rings is 1. The van der Waals surface area contributed by atoms with Crippen molar-refractivity contribution in [2.45, 2.75) is 19.8 Å². The van der Waals surface area contributed by atoms with Crippen molar-refractivity contribution in [1.82, 2.24) is 0 Å². The number of ketones is 1. The van der Waals surface area contributed by atoms with Crippen molar-refractivity contribution in [3.8, 4) is 0 Å². The van der Waals surface area contributed by atoms with Gasteiger partial charge in [0.25, 0.3) is 0 Å². The Labute approximate surface area is 92.7 Å². The highest BCUT2D eigenvalue weighted by atomic mass is 32.1. The van der Waals surface area contributed by atoms with Gasteiger partial charge in [0.2, 0.25) is 0 Å². The molecule has 0 fully saturated rings. The Morgan fingerprint density at radius 1 is 1.13 bits per heavy atom. The van der Waals surface area contributed by atoms with Crippen molar-refractivity contribution < 1.29 is 4.79 Å². The molecule has 2 unspecified atom stereocenters. The summed E-state index contributed by atoms with van der Waals surface area (Å²) in [4.78, 5) is 13.0. The number of carbonyl (C=O) groups is 1. The molecule has 0 bridgehead atoms. The van der Waals surface area contributed by atoms with Crippen molar-refractivity contribution in [1.29, 1.82) is 0 Å². The molecule has 0 saturated carbocycles. The van der Waals surface area contributed by atoms with E-state index in [1.54, 1.807) is 11.3 Å². The zero-order valence-electron chi connectivity index (χ0n) is 8.78. The molecule has 0 radical (unpaired) electrons. The van der Waals surface area contributed by atoms with Gasteiger partial charge in [0, 0.05) is 10.6 Å². The van der Waals surface area contributed by atoms with E-state index >= 15 is 0 Å². The SMILES string of the molecule is CC1C(=O)c2sc3ccccc3c2C1C. The third kappa shape index (κ3) is 1.06. The van der Waals surface area contributed by atoms with Crippen LogP contribution in [-0.2, 0) is 0 Å². The summed E-state index contributed by atoms with van der Waals surface area (Å²) in [6.07, 6.45) is 0. The normalized spacial score (nSPS) is 24.8. The molecular weight excluding hydrogens is 204 g/mol. The van der Waals surface area contributed by atoms with Gasteiger partial charge in [0.05, 0.1) is 4.88 Å². The Morgan fingerprint density at radius 2 is 1.87 bits per heavy atom. The molecule has 1 heterocycles. The molecule has 1 aliphatic rings. The summed E-state index contributed by atoms with van der Waals surface area (Å²) in [6, 6.07) is 8.32. The summed E-state index contributed by atoms with van der Waals surface area (Å²) in [6.45, 7) is 4.20. The minimum atomic E-state index is 0.163. The van der Waals surface area contributed by atoms with Gasteiger partial charge in [-0.2, -0.15) is 0 Å². The van der Waals surface area contributed by atoms with E-state index in [2.05, 4.69) is 25.1 Å². The lowest BCUT2D eigenvalue weighted by Gasteiger charge is -2.08. The maximum absolute atomic E-state index is 12.0. The summed E-state index contributed by atoms with van der Waals surface area (Å²) >= 11 is 1.65. The van der Waals surface area contributed by atoms with Gasteiger partial charge in [-0.1, -0.05) is 32.0 Å². The van der Waals surface area contributed by atoms with Crippen LogP contribution in [0.4, 0.5) is 0 Å². The summed E-state index contributed by atoms with van der Waals surface area (Å²) in [5, 5.41) is 1.28. The lowest BCUT2D eigenvalue weighted by atomic mass is 9.94. The van der Waals surface area contributed by atoms with Gasteiger partial charge in [-0.3, -0.25) is 4.79 Å². The molecule has 15 heavy (non-hydrogen) atoms. The first-order chi connectivity index (χ1) is 7.20. The second kappa shape index (κ2) is 2.92. The first kappa shape index (κ1) is 9.10. The molecule has 2 aromatic rings. The van der Waals surface area contributed by atoms with Crippen molar-refractivity contribution in [2.24, 2.45) is 5.92 Å². The molecule has 0 amide bonds. The van der Waals surface area contributed by atoms with E-state index in [4.69, 9.17) is 0 Å². The van der Waals surface area contributed by atoms with Crippen LogP contribution in [0.3, 0.4) is 0 Å². The van der Waals surface area contributed by atoms with E-state index in [0.29, 0.717) is 11.7 Å². The molecule has 3 rings (SSSR count). The minimum Gasteiger partial charge on any atom is -0.293 e. The highest BCUT2D eigenvalue weighted by Gasteiger charge is 2.36. The van der Waals surface area contributed by atoms with Crippen LogP contribution in [0.1, 0.15) is 35.0 Å². The third-order valence-corrected chi connectivity index (χ3v) is 4.68. The summed E-state index contributed by atoms with van der Waals surface area (Å²) < 4.78 is 1.25. The van der Waals surface area contributed by atoms with Gasteiger partial charge in [0.1, 0.15) is 0 Å². The Morgan fingerprint density at radius 3 is 2.67 bits per heavy atom. The average molecular weight is 216 g/mol. The number of hydrogen-bond donors (Lipinski definition) is 0. The lowest BCUT2D eigenvalue weighted by molar-refractivity contribution is 0.0940. The van der Waals surface area contributed by atoms with Gasteiger partial charge < -0.3 is 0 Å². The molecule has 2 atom stereocenters. The molecule has 2 heteroatoms. The summed E-state index contributed by atoms with van der Waals surface area (Å²) in [5.41, 5.74) is 1.29. The number of hydrogen-bond acceptors (Lipinski definition) is 2. The summed E-state index contributed by atoms with van der Waals surface area (Å²) in [7, 11) is 0. The van der Waals surface area contributed by atoms with Crippen molar-refractivity contribution >= 4 is 27.2 Å². The fourth-order valence-corrected chi connectivity index (χ4v) is 3.73. The summed E-state index contributed by atoms with van der Waals surface area (Å²) in [5.74, 6) is 0.873. The van der Waals surface area contributed by atoms with Gasteiger partial charge >= 0.3 is 0 Å². The Hall–Kier alpha value is -1.15. The second-order valence-corrected chi connectivity index (χ2v) is 5.33. The molecule has 1 aromatic carbocycles. The standard InChI is InChI=1S/C13H12OS/c1-7-8(2)12(14)13-11(7)9-5-3-4-6-10(9)15-13/h3-8H,1-2H3. The van der Waals surface area contributed by atoms with Gasteiger partial charge in [-0.25, -0.2) is 0 Å². The van der Waals surface area contributed by atoms with Crippen molar-refractivity contribution in [3.05, 3.63) is 34.7 Å². The Bertz CT molecular complexity index is 553. The lowest BCUT2D eigenvalue weighted by Crippen LogP contribution is -2.06. The van der Waals surface area contributed by atoms with Gasteiger partial charge in [-0.05, 0) is 22.9 Å². The maximum atomic E-state index is 12.0. The fourth-order valence-electron chi connectivity index (χ4n) is 2.38. The average Bonchev–Trinajstić information content (AvgIpc) is 2.72. The monoisotopic (exact) mass is 216 g/mol. The molecule has 1 aromatic heterocycles. The van der Waals surface area contributed by atoms with Crippen molar-refractivity contribution in [2.75, 3.05) is 0 Å². The number of thiophene rings is 1. The Balaban J connectivity index is 2.38. The predicted octanol–water partition coefficient (Wildman–Crippen LogP) is 3.84. The zero-order chi connectivity index (χ0) is 10.6. The van der Waals surface area contributed by atoms with Crippen molar-refractivity contribution in [3.63, 3.8) is 0 Å². The maximum Gasteiger partial charge on any atom is 0.176 e. The number of Topliss-reactive ketones (excluding diaryl/α,β-unsaturated/α-hetero) is 1. The highest BCUT2D eigenvalue weighted by Crippen LogP contribution is 2.46. The Kier molecular flexibility index (Phi) is 1.77. The predicted molar refractivity (Wildman–Crippen MR) is 63.7 cm³/mol. The van der Waals surface area contributed by atoms with E-state index < -0.39 is 0 Å². The number of carbonyl (C=O) groups excluding carboxylic acids is 1. The molecule has 76 valence electrons.